The van der Waals surface area contributed by atoms with Crippen molar-refractivity contribution in [2.75, 3.05) is 39.4 Å². The number of hydrogen-bond donors (Lipinski definition) is 2. The number of piperidine rings is 1. The summed E-state index contributed by atoms with van der Waals surface area (Å²) in [5.41, 5.74) is 6.96. The predicted octanol–water partition coefficient (Wildman–Crippen LogP) is 1.30. The van der Waals surface area contributed by atoms with Crippen LogP contribution in [0.15, 0.2) is 18.2 Å². The topological polar surface area (TPSA) is 114 Å². The predicted molar refractivity (Wildman–Crippen MR) is 105 cm³/mol. The number of likely N-dealkylation sites (tertiary alicyclic amines) is 1. The van der Waals surface area contributed by atoms with Gasteiger partial charge >= 0.3 is 12.1 Å². The number of carbonyl (C=O) groups is 3. The van der Waals surface area contributed by atoms with Crippen LogP contribution < -0.4 is 11.1 Å². The number of halogens is 1. The Bertz CT molecular complexity index is 799. The van der Waals surface area contributed by atoms with E-state index in [1.54, 1.807) is 17.9 Å². The van der Waals surface area contributed by atoms with Crippen molar-refractivity contribution in [3.8, 4) is 0 Å². The number of benzene rings is 1. The third-order valence-electron chi connectivity index (χ3n) is 5.45. The summed E-state index contributed by atoms with van der Waals surface area (Å²) >= 11 is 0. The smallest absolute Gasteiger partial charge is 0.407 e. The van der Waals surface area contributed by atoms with E-state index in [0.717, 1.165) is 5.56 Å². The van der Waals surface area contributed by atoms with Crippen LogP contribution in [0.1, 0.15) is 30.0 Å². The average Bonchev–Trinajstić information content (AvgIpc) is 2.72. The van der Waals surface area contributed by atoms with Crippen molar-refractivity contribution in [3.05, 3.63) is 35.1 Å². The number of primary amides is 1. The number of rotatable bonds is 4. The highest BCUT2D eigenvalue weighted by atomic mass is 19.1. The second kappa shape index (κ2) is 9.75. The highest BCUT2D eigenvalue weighted by molar-refractivity contribution is 5.82. The van der Waals surface area contributed by atoms with Crippen LogP contribution in [0.2, 0.25) is 0 Å². The third kappa shape index (κ3) is 5.38. The summed E-state index contributed by atoms with van der Waals surface area (Å²) in [7, 11) is 0. The van der Waals surface area contributed by atoms with Crippen LogP contribution in [0, 0.1) is 12.7 Å². The number of nitrogens with zero attached hydrogens (tertiary/aromatic N) is 2. The number of urea groups is 1. The Morgan fingerprint density at radius 2 is 2.00 bits per heavy atom. The van der Waals surface area contributed by atoms with Crippen molar-refractivity contribution in [2.45, 2.75) is 31.9 Å². The number of ether oxygens (including phenoxy) is 2. The van der Waals surface area contributed by atoms with Gasteiger partial charge in [0.1, 0.15) is 18.5 Å². The summed E-state index contributed by atoms with van der Waals surface area (Å²) < 4.78 is 24.2. The molecule has 2 aliphatic rings. The molecule has 30 heavy (non-hydrogen) atoms. The second-order valence-electron chi connectivity index (χ2n) is 7.45. The Hall–Kier alpha value is -2.88. The van der Waals surface area contributed by atoms with E-state index in [4.69, 9.17) is 15.2 Å². The maximum absolute atomic E-state index is 13.5. The van der Waals surface area contributed by atoms with Gasteiger partial charge in [-0.15, -0.1) is 0 Å². The molecule has 2 saturated heterocycles. The Balaban J connectivity index is 1.58. The number of morpholine rings is 1. The molecule has 3 N–H and O–H groups in total. The molecule has 2 atom stereocenters. The minimum atomic E-state index is -0.691. The van der Waals surface area contributed by atoms with Gasteiger partial charge in [-0.25, -0.2) is 14.0 Å². The summed E-state index contributed by atoms with van der Waals surface area (Å²) in [6.45, 7) is 3.88. The van der Waals surface area contributed by atoms with Crippen molar-refractivity contribution >= 4 is 18.0 Å². The van der Waals surface area contributed by atoms with Gasteiger partial charge in [-0.1, -0.05) is 6.07 Å². The van der Waals surface area contributed by atoms with E-state index >= 15 is 0 Å². The first kappa shape index (κ1) is 21.8. The molecule has 2 unspecified atom stereocenters. The maximum Gasteiger partial charge on any atom is 0.407 e. The van der Waals surface area contributed by atoms with E-state index in [2.05, 4.69) is 5.32 Å². The molecule has 0 aliphatic carbocycles. The molecule has 3 rings (SSSR count). The minimum Gasteiger partial charge on any atom is -0.446 e. The molecule has 2 fully saturated rings. The number of hydrogen-bond acceptors (Lipinski definition) is 5. The van der Waals surface area contributed by atoms with Gasteiger partial charge in [0.25, 0.3) is 0 Å². The van der Waals surface area contributed by atoms with Gasteiger partial charge in [0.15, 0.2) is 0 Å². The molecule has 2 aliphatic heterocycles. The quantitative estimate of drug-likeness (QED) is 0.759. The normalized spacial score (nSPS) is 21.8. The zero-order chi connectivity index (χ0) is 21.7. The number of amides is 4. The van der Waals surface area contributed by atoms with Crippen molar-refractivity contribution in [1.82, 2.24) is 15.1 Å². The van der Waals surface area contributed by atoms with Crippen LogP contribution >= 0.6 is 0 Å². The molecule has 0 bridgehead atoms. The van der Waals surface area contributed by atoms with Gasteiger partial charge in [-0.2, -0.15) is 0 Å². The molecule has 1 aromatic carbocycles. The fourth-order valence-electron chi connectivity index (χ4n) is 3.88. The van der Waals surface area contributed by atoms with Crippen molar-refractivity contribution in [2.24, 2.45) is 5.73 Å². The summed E-state index contributed by atoms with van der Waals surface area (Å²) in [6.07, 6.45) is -0.401. The lowest BCUT2D eigenvalue weighted by atomic mass is 9.91. The summed E-state index contributed by atoms with van der Waals surface area (Å²) in [6, 6.07) is 3.33. The van der Waals surface area contributed by atoms with E-state index in [-0.39, 0.29) is 18.3 Å². The molecule has 1 aromatic rings. The molecule has 164 valence electrons. The Morgan fingerprint density at radius 1 is 1.27 bits per heavy atom. The van der Waals surface area contributed by atoms with E-state index in [9.17, 15) is 18.8 Å². The number of carbonyl (C=O) groups excluding carboxylic acids is 3. The molecule has 0 saturated carbocycles. The van der Waals surface area contributed by atoms with Gasteiger partial charge in [0, 0.05) is 32.5 Å². The highest BCUT2D eigenvalue weighted by Crippen LogP contribution is 2.34. The standard InChI is InChI=1S/C20H27FN4O5/c1-13-10-14(21)2-3-16(13)17-11-15(4-5-25(17)19(22)27)30-20(28)23-12-18(26)24-6-8-29-9-7-24/h2-3,10,15,17H,4-9,11-12H2,1H3,(H2,22,27)(H,23,28). The second-order valence-corrected chi connectivity index (χ2v) is 7.45. The van der Waals surface area contributed by atoms with Crippen LogP contribution in [0.4, 0.5) is 14.0 Å². The van der Waals surface area contributed by atoms with E-state index < -0.39 is 24.3 Å². The number of aryl methyl sites for hydroxylation is 1. The largest absolute Gasteiger partial charge is 0.446 e. The molecule has 2 heterocycles. The highest BCUT2D eigenvalue weighted by Gasteiger charge is 2.34. The summed E-state index contributed by atoms with van der Waals surface area (Å²) in [4.78, 5) is 39.3. The zero-order valence-corrected chi connectivity index (χ0v) is 16.9. The van der Waals surface area contributed by atoms with Crippen molar-refractivity contribution in [1.29, 1.82) is 0 Å². The molecule has 9 nitrogen and oxygen atoms in total. The summed E-state index contributed by atoms with van der Waals surface area (Å²) in [5.74, 6) is -0.562. The number of nitrogens with two attached hydrogens (primary N) is 1. The van der Waals surface area contributed by atoms with Gasteiger partial charge in [-0.3, -0.25) is 4.79 Å². The van der Waals surface area contributed by atoms with Crippen molar-refractivity contribution in [3.63, 3.8) is 0 Å². The molecule has 0 aromatic heterocycles. The first-order chi connectivity index (χ1) is 14.3. The molecular formula is C20H27FN4O5. The van der Waals surface area contributed by atoms with Crippen LogP contribution in [0.5, 0.6) is 0 Å². The van der Waals surface area contributed by atoms with Crippen LogP contribution in [0.25, 0.3) is 0 Å². The van der Waals surface area contributed by atoms with Crippen molar-refractivity contribution < 1.29 is 28.2 Å². The Kier molecular flexibility index (Phi) is 7.09. The van der Waals surface area contributed by atoms with E-state index in [0.29, 0.717) is 51.3 Å². The minimum absolute atomic E-state index is 0.153. The Morgan fingerprint density at radius 3 is 2.67 bits per heavy atom. The lowest BCUT2D eigenvalue weighted by Gasteiger charge is -2.39. The lowest BCUT2D eigenvalue weighted by molar-refractivity contribution is -0.134. The van der Waals surface area contributed by atoms with Crippen LogP contribution in [0.3, 0.4) is 0 Å². The molecule has 0 spiro atoms. The van der Waals surface area contributed by atoms with Crippen LogP contribution in [-0.2, 0) is 14.3 Å². The fourth-order valence-corrected chi connectivity index (χ4v) is 3.88. The number of nitrogens with one attached hydrogen (secondary N) is 1. The average molecular weight is 422 g/mol. The fraction of sp³-hybridized carbons (Fsp3) is 0.550. The first-order valence-corrected chi connectivity index (χ1v) is 9.97. The first-order valence-electron chi connectivity index (χ1n) is 9.97. The molecular weight excluding hydrogens is 395 g/mol. The SMILES string of the molecule is Cc1cc(F)ccc1C1CC(OC(=O)NCC(=O)N2CCOCC2)CCN1C(N)=O. The third-order valence-corrected chi connectivity index (χ3v) is 5.45. The molecule has 10 heteroatoms. The van der Waals surface area contributed by atoms with E-state index in [1.165, 1.54) is 17.0 Å². The van der Waals surface area contributed by atoms with Gasteiger partial charge in [-0.05, 0) is 30.2 Å². The zero-order valence-electron chi connectivity index (χ0n) is 16.9. The van der Waals surface area contributed by atoms with E-state index in [1.807, 2.05) is 0 Å². The number of alkyl carbamates (subject to hydrolysis) is 1. The Labute approximate surface area is 174 Å². The maximum atomic E-state index is 13.5. The lowest BCUT2D eigenvalue weighted by Crippen LogP contribution is -2.48. The molecule has 0 radical (unpaired) electrons. The monoisotopic (exact) mass is 422 g/mol. The summed E-state index contributed by atoms with van der Waals surface area (Å²) in [5, 5.41) is 2.49. The van der Waals surface area contributed by atoms with Gasteiger partial charge in [0.2, 0.25) is 5.91 Å². The molecule has 4 amide bonds. The van der Waals surface area contributed by atoms with Gasteiger partial charge in [0.05, 0.1) is 19.3 Å². The van der Waals surface area contributed by atoms with Gasteiger partial charge < -0.3 is 30.3 Å². The van der Waals surface area contributed by atoms with Crippen LogP contribution in [-0.4, -0.2) is 73.3 Å².